The van der Waals surface area contributed by atoms with Crippen LogP contribution in [0.2, 0.25) is 0 Å². The Morgan fingerprint density at radius 2 is 1.53 bits per heavy atom. The number of hydrogen-bond acceptors (Lipinski definition) is 4. The van der Waals surface area contributed by atoms with Gasteiger partial charge in [-0.25, -0.2) is 0 Å². The lowest BCUT2D eigenvalue weighted by Crippen LogP contribution is -2.22. The molecular weight excluding hydrogens is 516 g/mol. The summed E-state index contributed by atoms with van der Waals surface area (Å²) in [7, 11) is 5.06. The normalized spacial score (nSPS) is 10.5. The molecule has 0 fully saturated rings. The van der Waals surface area contributed by atoms with E-state index in [9.17, 15) is 9.59 Å². The second-order valence-electron chi connectivity index (χ2n) is 6.32. The Kier molecular flexibility index (Phi) is 11.0. The summed E-state index contributed by atoms with van der Waals surface area (Å²) < 4.78 is 1.91. The van der Waals surface area contributed by atoms with Crippen molar-refractivity contribution in [2.24, 2.45) is 10.1 Å². The number of rotatable bonds is 5. The molecule has 0 radical (unpaired) electrons. The maximum atomic E-state index is 11.6. The van der Waals surface area contributed by atoms with E-state index in [1.165, 1.54) is 19.8 Å². The molecule has 0 atom stereocenters. The fraction of sp³-hybridized carbons (Fsp3) is 0.238. The van der Waals surface area contributed by atoms with Gasteiger partial charge in [-0.3, -0.25) is 9.59 Å². The quantitative estimate of drug-likeness (QED) is 0.343. The molecule has 0 saturated heterocycles. The molecule has 160 valence electrons. The van der Waals surface area contributed by atoms with Crippen molar-refractivity contribution in [3.8, 4) is 0 Å². The van der Waals surface area contributed by atoms with Crippen molar-refractivity contribution in [2.75, 3.05) is 21.2 Å². The third-order valence-corrected chi connectivity index (χ3v) is 4.60. The van der Waals surface area contributed by atoms with Crippen LogP contribution in [0.5, 0.6) is 0 Å². The number of oxime groups is 1. The van der Waals surface area contributed by atoms with Crippen LogP contribution < -0.4 is 5.32 Å². The van der Waals surface area contributed by atoms with Gasteiger partial charge >= 0.3 is 0 Å². The van der Waals surface area contributed by atoms with Crippen LogP contribution in [0.25, 0.3) is 0 Å². The van der Waals surface area contributed by atoms with E-state index in [1.54, 1.807) is 17.0 Å². The third-order valence-electron chi connectivity index (χ3n) is 3.61. The van der Waals surface area contributed by atoms with E-state index < -0.39 is 0 Å². The molecule has 0 spiro atoms. The lowest BCUT2D eigenvalue weighted by atomic mass is 10.1. The van der Waals surface area contributed by atoms with E-state index in [0.717, 1.165) is 20.1 Å². The molecule has 2 amide bonds. The topological polar surface area (TPSA) is 83.4 Å². The SMILES string of the molecule is CON=CNC(=O)c1ccc(Br)cc1C.Cc1cc(Br)ccc1C(=O)N=CN(C)C. The molecule has 0 aliphatic heterocycles. The van der Waals surface area contributed by atoms with Crippen LogP contribution in [0.4, 0.5) is 0 Å². The minimum absolute atomic E-state index is 0.208. The fourth-order valence-corrected chi connectivity index (χ4v) is 3.15. The Morgan fingerprint density at radius 1 is 1.00 bits per heavy atom. The van der Waals surface area contributed by atoms with Crippen molar-refractivity contribution in [3.05, 3.63) is 67.6 Å². The zero-order valence-electron chi connectivity index (χ0n) is 17.4. The summed E-state index contributed by atoms with van der Waals surface area (Å²) in [6.45, 7) is 3.76. The zero-order chi connectivity index (χ0) is 22.7. The Bertz CT molecular complexity index is 944. The van der Waals surface area contributed by atoms with Gasteiger partial charge in [0, 0.05) is 34.2 Å². The number of carbonyl (C=O) groups is 2. The van der Waals surface area contributed by atoms with Crippen molar-refractivity contribution < 1.29 is 14.4 Å². The third kappa shape index (κ3) is 8.87. The first-order chi connectivity index (χ1) is 14.1. The van der Waals surface area contributed by atoms with Crippen LogP contribution in [0.15, 0.2) is 55.5 Å². The second-order valence-corrected chi connectivity index (χ2v) is 8.15. The van der Waals surface area contributed by atoms with Gasteiger partial charge in [-0.2, -0.15) is 4.99 Å². The number of hydrogen-bond donors (Lipinski definition) is 1. The van der Waals surface area contributed by atoms with Gasteiger partial charge in [0.25, 0.3) is 11.8 Å². The number of benzene rings is 2. The zero-order valence-corrected chi connectivity index (χ0v) is 20.6. The number of nitrogens with zero attached hydrogens (tertiary/aromatic N) is 3. The van der Waals surface area contributed by atoms with Gasteiger partial charge in [-0.05, 0) is 61.4 Å². The molecule has 1 N–H and O–H groups in total. The van der Waals surface area contributed by atoms with Gasteiger partial charge in [0.15, 0.2) is 0 Å². The molecule has 7 nitrogen and oxygen atoms in total. The fourth-order valence-electron chi connectivity index (χ4n) is 2.20. The number of aryl methyl sites for hydroxylation is 2. The maximum Gasteiger partial charge on any atom is 0.278 e. The van der Waals surface area contributed by atoms with E-state index in [-0.39, 0.29) is 11.8 Å². The highest BCUT2D eigenvalue weighted by Gasteiger charge is 2.08. The Balaban J connectivity index is 0.000000300. The van der Waals surface area contributed by atoms with Gasteiger partial charge in [0.2, 0.25) is 0 Å². The highest BCUT2D eigenvalue weighted by Crippen LogP contribution is 2.17. The molecule has 0 aliphatic rings. The monoisotopic (exact) mass is 538 g/mol. The first-order valence-corrected chi connectivity index (χ1v) is 10.4. The number of halogens is 2. The van der Waals surface area contributed by atoms with E-state index in [2.05, 4.69) is 52.2 Å². The van der Waals surface area contributed by atoms with Crippen LogP contribution in [0.1, 0.15) is 31.8 Å². The molecule has 2 aromatic rings. The average Bonchev–Trinajstić information content (AvgIpc) is 2.66. The number of carbonyl (C=O) groups excluding carboxylic acids is 2. The van der Waals surface area contributed by atoms with Crippen LogP contribution >= 0.6 is 31.9 Å². The van der Waals surface area contributed by atoms with Crippen molar-refractivity contribution in [3.63, 3.8) is 0 Å². The number of nitrogens with one attached hydrogen (secondary N) is 1. The first kappa shape index (κ1) is 25.5. The molecule has 0 bridgehead atoms. The molecule has 0 aromatic heterocycles. The lowest BCUT2D eigenvalue weighted by molar-refractivity contribution is 0.0973. The van der Waals surface area contributed by atoms with Crippen molar-refractivity contribution in [2.45, 2.75) is 13.8 Å². The van der Waals surface area contributed by atoms with E-state index in [0.29, 0.717) is 11.1 Å². The predicted octanol–water partition coefficient (Wildman–Crippen LogP) is 4.56. The molecule has 0 heterocycles. The summed E-state index contributed by atoms with van der Waals surface area (Å²) >= 11 is 6.68. The minimum Gasteiger partial charge on any atom is -0.398 e. The van der Waals surface area contributed by atoms with Crippen LogP contribution in [-0.4, -0.2) is 50.6 Å². The van der Waals surface area contributed by atoms with E-state index >= 15 is 0 Å². The van der Waals surface area contributed by atoms with Crippen molar-refractivity contribution in [1.29, 1.82) is 0 Å². The van der Waals surface area contributed by atoms with E-state index in [4.69, 9.17) is 0 Å². The molecular formula is C21H24Br2N4O3. The summed E-state index contributed by atoms with van der Waals surface area (Å²) in [6.07, 6.45) is 2.72. The number of aliphatic imine (C=N–C) groups is 1. The van der Waals surface area contributed by atoms with Crippen LogP contribution in [0, 0.1) is 13.8 Å². The minimum atomic E-state index is -0.214. The second kappa shape index (κ2) is 12.9. The summed E-state index contributed by atoms with van der Waals surface area (Å²) in [5.41, 5.74) is 3.06. The molecule has 2 rings (SSSR count). The van der Waals surface area contributed by atoms with Gasteiger partial charge < -0.3 is 15.1 Å². The highest BCUT2D eigenvalue weighted by atomic mass is 79.9. The summed E-state index contributed by atoms with van der Waals surface area (Å²) in [5.74, 6) is -0.422. The van der Waals surface area contributed by atoms with Gasteiger partial charge in [0.1, 0.15) is 13.4 Å². The first-order valence-electron chi connectivity index (χ1n) is 8.78. The highest BCUT2D eigenvalue weighted by molar-refractivity contribution is 9.10. The molecule has 0 saturated carbocycles. The summed E-state index contributed by atoms with van der Waals surface area (Å²) in [4.78, 5) is 33.2. The predicted molar refractivity (Wildman–Crippen MR) is 127 cm³/mol. The number of amides is 2. The molecule has 0 aliphatic carbocycles. The Morgan fingerprint density at radius 3 is 2.00 bits per heavy atom. The molecule has 0 unspecified atom stereocenters. The van der Waals surface area contributed by atoms with Gasteiger partial charge in [-0.15, -0.1) is 0 Å². The largest absolute Gasteiger partial charge is 0.398 e. The Hall–Kier alpha value is -2.52. The van der Waals surface area contributed by atoms with Gasteiger partial charge in [0.05, 0.1) is 6.34 Å². The Labute approximate surface area is 193 Å². The summed E-state index contributed by atoms with van der Waals surface area (Å²) in [5, 5.41) is 5.91. The van der Waals surface area contributed by atoms with Crippen LogP contribution in [0.3, 0.4) is 0 Å². The van der Waals surface area contributed by atoms with E-state index in [1.807, 2.05) is 52.2 Å². The smallest absolute Gasteiger partial charge is 0.278 e. The average molecular weight is 540 g/mol. The molecule has 9 heteroatoms. The van der Waals surface area contributed by atoms with Crippen molar-refractivity contribution in [1.82, 2.24) is 10.2 Å². The summed E-state index contributed by atoms with van der Waals surface area (Å²) in [6, 6.07) is 11.0. The van der Waals surface area contributed by atoms with Gasteiger partial charge in [-0.1, -0.05) is 37.0 Å². The lowest BCUT2D eigenvalue weighted by Gasteiger charge is -2.04. The van der Waals surface area contributed by atoms with Crippen LogP contribution in [-0.2, 0) is 4.84 Å². The standard InChI is InChI=1S/C11H13BrN2O.C10H11BrN2O2/c1-8-6-9(12)4-5-10(8)11(15)13-7-14(2)3;1-7-5-8(11)3-4-9(7)10(14)12-6-13-15-2/h4-7H,1-3H3;3-6H,1-2H3,(H,12,13,14). The maximum absolute atomic E-state index is 11.6. The van der Waals surface area contributed by atoms with Crippen molar-refractivity contribution >= 4 is 56.4 Å². The molecule has 2 aromatic carbocycles. The molecule has 30 heavy (non-hydrogen) atoms.